The number of aromatic amines is 1. The monoisotopic (exact) mass is 496 g/mol. The van der Waals surface area contributed by atoms with Gasteiger partial charge in [0.05, 0.1) is 53.7 Å². The standard InChI is InChI=1S/C27H28N8O2/c1-34-14-23-19(13-31-35(23)17-7-10-37-15-17)18-3-2-4-21(25(18)34)32-22-11-24(33-27(36)16-5-6-16)30-12-20(22)26-28-8-9-29-26/h2-4,8-9,11-13,16-17H,5-7,10,14-15H2,1H3,(H,28,29)(H2,30,32,33,36). The lowest BCUT2D eigenvalue weighted by atomic mass is 9.97. The Morgan fingerprint density at radius 1 is 1.11 bits per heavy atom. The van der Waals surface area contributed by atoms with Crippen molar-refractivity contribution in [3.8, 4) is 22.5 Å². The van der Waals surface area contributed by atoms with E-state index >= 15 is 0 Å². The summed E-state index contributed by atoms with van der Waals surface area (Å²) in [7, 11) is 2.11. The van der Waals surface area contributed by atoms with Crippen molar-refractivity contribution in [3.05, 3.63) is 54.7 Å². The second-order valence-corrected chi connectivity index (χ2v) is 9.97. The molecule has 1 atom stereocenters. The molecule has 3 aliphatic rings. The molecule has 10 nitrogen and oxygen atoms in total. The zero-order chi connectivity index (χ0) is 24.9. The summed E-state index contributed by atoms with van der Waals surface area (Å²) in [6.45, 7) is 2.25. The van der Waals surface area contributed by atoms with Gasteiger partial charge in [-0.15, -0.1) is 0 Å². The van der Waals surface area contributed by atoms with Crippen LogP contribution in [-0.2, 0) is 16.1 Å². The molecule has 1 unspecified atom stereocenters. The predicted molar refractivity (Wildman–Crippen MR) is 141 cm³/mol. The Labute approximate surface area is 214 Å². The zero-order valence-electron chi connectivity index (χ0n) is 20.6. The van der Waals surface area contributed by atoms with Crippen molar-refractivity contribution in [1.82, 2.24) is 24.7 Å². The summed E-state index contributed by atoms with van der Waals surface area (Å²) in [5, 5.41) is 11.4. The highest BCUT2D eigenvalue weighted by molar-refractivity contribution is 5.96. The van der Waals surface area contributed by atoms with Crippen LogP contribution >= 0.6 is 0 Å². The molecule has 1 saturated heterocycles. The van der Waals surface area contributed by atoms with E-state index in [0.717, 1.165) is 66.2 Å². The molecule has 0 spiro atoms. The van der Waals surface area contributed by atoms with Crippen molar-refractivity contribution in [1.29, 1.82) is 0 Å². The van der Waals surface area contributed by atoms with Gasteiger partial charge in [0.1, 0.15) is 11.6 Å². The van der Waals surface area contributed by atoms with Crippen LogP contribution in [0.25, 0.3) is 22.5 Å². The number of pyridine rings is 1. The SMILES string of the molecule is CN1Cc2c(cnn2C2CCOC2)-c2cccc(Nc3cc(NC(=O)C4CC4)ncc3-c3ncc[nH]3)c21. The average molecular weight is 497 g/mol. The van der Waals surface area contributed by atoms with Gasteiger partial charge in [-0.3, -0.25) is 9.48 Å². The molecule has 5 heterocycles. The number of hydrogen-bond donors (Lipinski definition) is 3. The third-order valence-corrected chi connectivity index (χ3v) is 7.37. The molecule has 2 fully saturated rings. The molecule has 7 rings (SSSR count). The Bertz CT molecular complexity index is 1470. The first-order valence-corrected chi connectivity index (χ1v) is 12.7. The van der Waals surface area contributed by atoms with Crippen LogP contribution in [0.2, 0.25) is 0 Å². The van der Waals surface area contributed by atoms with Crippen LogP contribution < -0.4 is 15.5 Å². The first-order chi connectivity index (χ1) is 18.2. The summed E-state index contributed by atoms with van der Waals surface area (Å²) in [6.07, 6.45) is 10.1. The summed E-state index contributed by atoms with van der Waals surface area (Å²) >= 11 is 0. The van der Waals surface area contributed by atoms with Gasteiger partial charge in [0.25, 0.3) is 0 Å². The van der Waals surface area contributed by atoms with Crippen LogP contribution in [0.5, 0.6) is 0 Å². The molecule has 1 amide bonds. The third-order valence-electron chi connectivity index (χ3n) is 7.37. The predicted octanol–water partition coefficient (Wildman–Crippen LogP) is 4.34. The number of fused-ring (bicyclic) bond motifs is 3. The van der Waals surface area contributed by atoms with Crippen molar-refractivity contribution >= 4 is 28.8 Å². The minimum absolute atomic E-state index is 0.0261. The largest absolute Gasteiger partial charge is 0.379 e. The minimum Gasteiger partial charge on any atom is -0.379 e. The van der Waals surface area contributed by atoms with E-state index in [-0.39, 0.29) is 17.9 Å². The topological polar surface area (TPSA) is 113 Å². The van der Waals surface area contributed by atoms with Gasteiger partial charge >= 0.3 is 0 Å². The number of carbonyl (C=O) groups excluding carboxylic acids is 1. The highest BCUT2D eigenvalue weighted by Gasteiger charge is 2.31. The number of benzene rings is 1. The van der Waals surface area contributed by atoms with E-state index < -0.39 is 0 Å². The van der Waals surface area contributed by atoms with Crippen molar-refractivity contribution in [2.45, 2.75) is 31.8 Å². The van der Waals surface area contributed by atoms with Crippen molar-refractivity contribution in [2.24, 2.45) is 5.92 Å². The Hall–Kier alpha value is -4.18. The fourth-order valence-electron chi connectivity index (χ4n) is 5.32. The van der Waals surface area contributed by atoms with Gasteiger partial charge < -0.3 is 25.3 Å². The van der Waals surface area contributed by atoms with Crippen LogP contribution in [0.3, 0.4) is 0 Å². The molecule has 3 aromatic heterocycles. The molecule has 0 bridgehead atoms. The molecule has 1 saturated carbocycles. The molecular formula is C27H28N8O2. The number of anilines is 4. The third kappa shape index (κ3) is 3.93. The van der Waals surface area contributed by atoms with Gasteiger partial charge in [-0.2, -0.15) is 5.10 Å². The lowest BCUT2D eigenvalue weighted by Gasteiger charge is -2.31. The molecular weight excluding hydrogens is 468 g/mol. The zero-order valence-corrected chi connectivity index (χ0v) is 20.6. The molecule has 2 aliphatic heterocycles. The number of aromatic nitrogens is 5. The summed E-state index contributed by atoms with van der Waals surface area (Å²) < 4.78 is 7.77. The summed E-state index contributed by atoms with van der Waals surface area (Å²) in [6, 6.07) is 8.45. The van der Waals surface area contributed by atoms with E-state index in [2.05, 4.69) is 60.4 Å². The lowest BCUT2D eigenvalue weighted by molar-refractivity contribution is -0.117. The molecule has 10 heteroatoms. The Kier molecular flexibility index (Phi) is 5.21. The number of rotatable bonds is 6. The van der Waals surface area contributed by atoms with Crippen molar-refractivity contribution < 1.29 is 9.53 Å². The second-order valence-electron chi connectivity index (χ2n) is 9.97. The van der Waals surface area contributed by atoms with Gasteiger partial charge in [0.15, 0.2) is 0 Å². The maximum absolute atomic E-state index is 12.4. The van der Waals surface area contributed by atoms with E-state index in [1.807, 2.05) is 12.3 Å². The van der Waals surface area contributed by atoms with Gasteiger partial charge in [-0.05, 0) is 25.3 Å². The molecule has 3 N–H and O–H groups in total. The van der Waals surface area contributed by atoms with Crippen LogP contribution in [0.15, 0.2) is 49.1 Å². The van der Waals surface area contributed by atoms with Crippen LogP contribution in [-0.4, -0.2) is 50.9 Å². The number of carbonyl (C=O) groups is 1. The Morgan fingerprint density at radius 2 is 2.03 bits per heavy atom. The van der Waals surface area contributed by atoms with Gasteiger partial charge in [-0.1, -0.05) is 12.1 Å². The highest BCUT2D eigenvalue weighted by Crippen LogP contribution is 2.45. The average Bonchev–Trinajstić information content (AvgIpc) is 3.26. The lowest BCUT2D eigenvalue weighted by Crippen LogP contribution is -2.26. The van der Waals surface area contributed by atoms with Gasteiger partial charge in [0.2, 0.25) is 5.91 Å². The normalized spacial score (nSPS) is 18.4. The number of nitrogens with zero attached hydrogens (tertiary/aromatic N) is 5. The molecule has 1 aliphatic carbocycles. The minimum atomic E-state index is 0.0261. The second kappa shape index (κ2) is 8.74. The molecule has 4 aromatic rings. The van der Waals surface area contributed by atoms with E-state index in [9.17, 15) is 4.79 Å². The first-order valence-electron chi connectivity index (χ1n) is 12.7. The fraction of sp³-hybridized carbons (Fsp3) is 0.333. The van der Waals surface area contributed by atoms with Crippen LogP contribution in [0.1, 0.15) is 31.0 Å². The van der Waals surface area contributed by atoms with Crippen molar-refractivity contribution in [3.63, 3.8) is 0 Å². The maximum atomic E-state index is 12.4. The fourth-order valence-corrected chi connectivity index (χ4v) is 5.32. The number of nitrogens with one attached hydrogen (secondary N) is 3. The van der Waals surface area contributed by atoms with E-state index in [0.29, 0.717) is 18.2 Å². The molecule has 1 aromatic carbocycles. The number of para-hydroxylation sites is 1. The summed E-state index contributed by atoms with van der Waals surface area (Å²) in [5.74, 6) is 1.35. The molecule has 0 radical (unpaired) electrons. The Morgan fingerprint density at radius 3 is 2.81 bits per heavy atom. The first kappa shape index (κ1) is 22.1. The smallest absolute Gasteiger partial charge is 0.228 e. The number of H-pyrrole nitrogens is 1. The highest BCUT2D eigenvalue weighted by atomic mass is 16.5. The Balaban J connectivity index is 1.27. The number of amides is 1. The number of imidazole rings is 1. The van der Waals surface area contributed by atoms with E-state index in [1.165, 1.54) is 5.69 Å². The summed E-state index contributed by atoms with van der Waals surface area (Å²) in [5.41, 5.74) is 7.19. The quantitative estimate of drug-likeness (QED) is 0.364. The van der Waals surface area contributed by atoms with Crippen LogP contribution in [0, 0.1) is 5.92 Å². The van der Waals surface area contributed by atoms with Gasteiger partial charge in [-0.25, -0.2) is 9.97 Å². The van der Waals surface area contributed by atoms with Gasteiger partial charge in [0, 0.05) is 55.4 Å². The number of hydrogen-bond acceptors (Lipinski definition) is 7. The van der Waals surface area contributed by atoms with E-state index in [4.69, 9.17) is 9.84 Å². The van der Waals surface area contributed by atoms with E-state index in [1.54, 1.807) is 18.6 Å². The van der Waals surface area contributed by atoms with Crippen molar-refractivity contribution in [2.75, 3.05) is 35.8 Å². The molecule has 188 valence electrons. The maximum Gasteiger partial charge on any atom is 0.228 e. The summed E-state index contributed by atoms with van der Waals surface area (Å²) in [4.78, 5) is 26.8. The number of ether oxygens (including phenoxy) is 1. The van der Waals surface area contributed by atoms with Crippen LogP contribution in [0.4, 0.5) is 22.9 Å². The molecule has 37 heavy (non-hydrogen) atoms.